The molecule has 25 heavy (non-hydrogen) atoms. The Balaban J connectivity index is 1.72. The first-order valence-corrected chi connectivity index (χ1v) is 8.23. The number of anilines is 2. The van der Waals surface area contributed by atoms with E-state index in [4.69, 9.17) is 4.74 Å². The lowest BCUT2D eigenvalue weighted by atomic mass is 10.2. The maximum atomic E-state index is 12.2. The quantitative estimate of drug-likeness (QED) is 0.846. The van der Waals surface area contributed by atoms with Gasteiger partial charge in [-0.2, -0.15) is 0 Å². The van der Waals surface area contributed by atoms with Gasteiger partial charge < -0.3 is 20.3 Å². The van der Waals surface area contributed by atoms with Crippen LogP contribution in [-0.2, 0) is 16.1 Å². The molecule has 1 aliphatic rings. The molecule has 2 amide bonds. The number of fused-ring (bicyclic) bond motifs is 1. The normalized spacial score (nSPS) is 13.0. The predicted molar refractivity (Wildman–Crippen MR) is 96.7 cm³/mol. The van der Waals surface area contributed by atoms with Crippen molar-refractivity contribution in [3.63, 3.8) is 0 Å². The van der Waals surface area contributed by atoms with Crippen LogP contribution in [0, 0.1) is 0 Å². The van der Waals surface area contributed by atoms with Crippen LogP contribution >= 0.6 is 0 Å². The van der Waals surface area contributed by atoms with Crippen LogP contribution in [0.2, 0.25) is 0 Å². The average molecular weight is 339 g/mol. The van der Waals surface area contributed by atoms with Crippen LogP contribution in [-0.4, -0.2) is 31.5 Å². The fourth-order valence-electron chi connectivity index (χ4n) is 2.70. The van der Waals surface area contributed by atoms with Crippen LogP contribution in [0.5, 0.6) is 5.75 Å². The highest BCUT2D eigenvalue weighted by molar-refractivity contribution is 5.98. The molecule has 2 aromatic carbocycles. The van der Waals surface area contributed by atoms with Gasteiger partial charge in [0.2, 0.25) is 5.91 Å². The van der Waals surface area contributed by atoms with Gasteiger partial charge in [-0.05, 0) is 23.8 Å². The highest BCUT2D eigenvalue weighted by atomic mass is 16.5. The van der Waals surface area contributed by atoms with Gasteiger partial charge in [0.1, 0.15) is 5.75 Å². The van der Waals surface area contributed by atoms with Crippen molar-refractivity contribution in [2.24, 2.45) is 0 Å². The summed E-state index contributed by atoms with van der Waals surface area (Å²) in [6.07, 6.45) is 0. The van der Waals surface area contributed by atoms with Crippen molar-refractivity contribution in [3.05, 3.63) is 54.1 Å². The lowest BCUT2D eigenvalue weighted by Crippen LogP contribution is -2.43. The van der Waals surface area contributed by atoms with Gasteiger partial charge >= 0.3 is 0 Å². The number of carbonyl (C=O) groups excluding carboxylic acids is 2. The number of nitrogens with one attached hydrogen (secondary N) is 2. The Hall–Kier alpha value is -3.02. The Bertz CT molecular complexity index is 762. The Morgan fingerprint density at radius 3 is 2.76 bits per heavy atom. The van der Waals surface area contributed by atoms with Gasteiger partial charge in [0, 0.05) is 32.2 Å². The molecular formula is C19H21N3O3. The molecule has 0 radical (unpaired) electrons. The summed E-state index contributed by atoms with van der Waals surface area (Å²) in [6, 6.07) is 15.8. The molecule has 0 unspecified atom stereocenters. The van der Waals surface area contributed by atoms with Gasteiger partial charge in [-0.15, -0.1) is 0 Å². The van der Waals surface area contributed by atoms with Gasteiger partial charge in [0.05, 0.1) is 5.69 Å². The van der Waals surface area contributed by atoms with E-state index in [1.807, 2.05) is 36.4 Å². The molecule has 0 saturated heterocycles. The van der Waals surface area contributed by atoms with Crippen molar-refractivity contribution in [1.82, 2.24) is 5.32 Å². The van der Waals surface area contributed by atoms with Crippen LogP contribution in [0.15, 0.2) is 48.5 Å². The number of nitrogens with zero attached hydrogens (tertiary/aromatic N) is 1. The molecule has 130 valence electrons. The summed E-state index contributed by atoms with van der Waals surface area (Å²) in [4.78, 5) is 24.9. The third-order valence-electron chi connectivity index (χ3n) is 3.95. The minimum absolute atomic E-state index is 0.0177. The molecule has 1 aliphatic heterocycles. The Morgan fingerprint density at radius 1 is 1.20 bits per heavy atom. The smallest absolute Gasteiger partial charge is 0.265 e. The van der Waals surface area contributed by atoms with E-state index < -0.39 is 0 Å². The first kappa shape index (κ1) is 16.8. The Kier molecular flexibility index (Phi) is 5.18. The Labute approximate surface area is 146 Å². The first-order valence-electron chi connectivity index (χ1n) is 8.23. The van der Waals surface area contributed by atoms with Crippen LogP contribution in [0.25, 0.3) is 0 Å². The highest BCUT2D eigenvalue weighted by Gasteiger charge is 2.25. The summed E-state index contributed by atoms with van der Waals surface area (Å²) in [5, 5.41) is 6.07. The van der Waals surface area contributed by atoms with Crippen molar-refractivity contribution < 1.29 is 14.3 Å². The maximum absolute atomic E-state index is 12.2. The third-order valence-corrected chi connectivity index (χ3v) is 3.95. The summed E-state index contributed by atoms with van der Waals surface area (Å²) in [6.45, 7) is 2.99. The first-order chi connectivity index (χ1) is 12.1. The number of rotatable bonds is 6. The summed E-state index contributed by atoms with van der Waals surface area (Å²) >= 11 is 0. The second-order valence-electron chi connectivity index (χ2n) is 5.84. The van der Waals surface area contributed by atoms with Gasteiger partial charge in [-0.25, -0.2) is 0 Å². The molecule has 3 rings (SSSR count). The number of carbonyl (C=O) groups is 2. The van der Waals surface area contributed by atoms with Crippen LogP contribution in [0.3, 0.4) is 0 Å². The molecule has 0 bridgehead atoms. The SMILES string of the molecule is CC(=O)NCCN1C(=O)COc2ccc(NCc3ccccc3)cc21. The van der Waals surface area contributed by atoms with Crippen molar-refractivity contribution >= 4 is 23.2 Å². The topological polar surface area (TPSA) is 70.7 Å². The van der Waals surface area contributed by atoms with E-state index in [1.165, 1.54) is 12.5 Å². The van der Waals surface area contributed by atoms with E-state index in [9.17, 15) is 9.59 Å². The predicted octanol–water partition coefficient (Wildman–Crippen LogP) is 2.16. The van der Waals surface area contributed by atoms with E-state index in [1.54, 1.807) is 4.90 Å². The maximum Gasteiger partial charge on any atom is 0.265 e. The standard InChI is InChI=1S/C19H21N3O3/c1-14(23)20-9-10-22-17-11-16(7-8-18(17)25-13-19(22)24)21-12-15-5-3-2-4-6-15/h2-8,11,21H,9-10,12-13H2,1H3,(H,20,23). The number of hydrogen-bond donors (Lipinski definition) is 2. The average Bonchev–Trinajstić information content (AvgIpc) is 2.62. The van der Waals surface area contributed by atoms with Crippen molar-refractivity contribution in [3.8, 4) is 5.75 Å². The van der Waals surface area contributed by atoms with Gasteiger partial charge in [-0.3, -0.25) is 9.59 Å². The third kappa shape index (κ3) is 4.29. The molecule has 0 aromatic heterocycles. The number of ether oxygens (including phenoxy) is 1. The fraction of sp³-hybridized carbons (Fsp3) is 0.263. The molecule has 2 N–H and O–H groups in total. The summed E-state index contributed by atoms with van der Waals surface area (Å²) < 4.78 is 5.50. The molecule has 1 heterocycles. The number of benzene rings is 2. The molecule has 0 aliphatic carbocycles. The zero-order valence-electron chi connectivity index (χ0n) is 14.1. The van der Waals surface area contributed by atoms with Crippen molar-refractivity contribution in [2.75, 3.05) is 29.9 Å². The highest BCUT2D eigenvalue weighted by Crippen LogP contribution is 2.34. The lowest BCUT2D eigenvalue weighted by Gasteiger charge is -2.30. The van der Waals surface area contributed by atoms with E-state index in [2.05, 4.69) is 22.8 Å². The largest absolute Gasteiger partial charge is 0.482 e. The van der Waals surface area contributed by atoms with Gasteiger partial charge in [0.25, 0.3) is 5.91 Å². The molecular weight excluding hydrogens is 318 g/mol. The molecule has 6 nitrogen and oxygen atoms in total. The molecule has 0 fully saturated rings. The minimum Gasteiger partial charge on any atom is -0.482 e. The minimum atomic E-state index is -0.113. The second kappa shape index (κ2) is 7.70. The zero-order chi connectivity index (χ0) is 17.6. The van der Waals surface area contributed by atoms with Crippen LogP contribution in [0.4, 0.5) is 11.4 Å². The monoisotopic (exact) mass is 339 g/mol. The van der Waals surface area contributed by atoms with Gasteiger partial charge in [-0.1, -0.05) is 30.3 Å². The Morgan fingerprint density at radius 2 is 2.00 bits per heavy atom. The second-order valence-corrected chi connectivity index (χ2v) is 5.84. The van der Waals surface area contributed by atoms with Crippen molar-refractivity contribution in [1.29, 1.82) is 0 Å². The number of amides is 2. The fourth-order valence-corrected chi connectivity index (χ4v) is 2.70. The molecule has 0 spiro atoms. The summed E-state index contributed by atoms with van der Waals surface area (Å²) in [5.74, 6) is 0.449. The molecule has 6 heteroatoms. The van der Waals surface area contributed by atoms with E-state index in [0.29, 0.717) is 25.4 Å². The lowest BCUT2D eigenvalue weighted by molar-refractivity contribution is -0.122. The van der Waals surface area contributed by atoms with E-state index >= 15 is 0 Å². The molecule has 2 aromatic rings. The van der Waals surface area contributed by atoms with Crippen molar-refractivity contribution in [2.45, 2.75) is 13.5 Å². The van der Waals surface area contributed by atoms with Crippen LogP contribution in [0.1, 0.15) is 12.5 Å². The molecule has 0 saturated carbocycles. The zero-order valence-corrected chi connectivity index (χ0v) is 14.1. The van der Waals surface area contributed by atoms with E-state index in [-0.39, 0.29) is 18.4 Å². The van der Waals surface area contributed by atoms with Gasteiger partial charge in [0.15, 0.2) is 6.61 Å². The number of hydrogen-bond acceptors (Lipinski definition) is 4. The summed E-state index contributed by atoms with van der Waals surface area (Å²) in [7, 11) is 0. The van der Waals surface area contributed by atoms with Crippen LogP contribution < -0.4 is 20.3 Å². The van der Waals surface area contributed by atoms with E-state index in [0.717, 1.165) is 11.4 Å². The summed E-state index contributed by atoms with van der Waals surface area (Å²) in [5.41, 5.74) is 2.81. The molecule has 0 atom stereocenters.